The highest BCUT2D eigenvalue weighted by Gasteiger charge is 2.41. The number of anilines is 1. The lowest BCUT2D eigenvalue weighted by Gasteiger charge is -2.24. The fraction of sp³-hybridized carbons (Fsp3) is 0.385. The minimum absolute atomic E-state index is 0.0424. The molecule has 9 heteroatoms. The number of benzene rings is 1. The lowest BCUT2D eigenvalue weighted by Crippen LogP contribution is -2.34. The Bertz CT molecular complexity index is 1400. The quantitative estimate of drug-likeness (QED) is 0.486. The van der Waals surface area contributed by atoms with E-state index in [1.54, 1.807) is 6.20 Å². The summed E-state index contributed by atoms with van der Waals surface area (Å²) in [6.07, 6.45) is 6.30. The Morgan fingerprint density at radius 1 is 1.31 bits per heavy atom. The van der Waals surface area contributed by atoms with Gasteiger partial charge in [-0.3, -0.25) is 9.59 Å². The smallest absolute Gasteiger partial charge is 0.263 e. The normalized spacial score (nSPS) is 18.1. The van der Waals surface area contributed by atoms with E-state index in [2.05, 4.69) is 36.1 Å². The second-order valence-corrected chi connectivity index (χ2v) is 9.94. The summed E-state index contributed by atoms with van der Waals surface area (Å²) in [7, 11) is 0. The topological polar surface area (TPSA) is 126 Å². The van der Waals surface area contributed by atoms with Crippen LogP contribution < -0.4 is 11.1 Å². The number of amides is 2. The average Bonchev–Trinajstić information content (AvgIpc) is 3.76. The van der Waals surface area contributed by atoms with Crippen LogP contribution in [-0.2, 0) is 6.54 Å². The monoisotopic (exact) mass is 472 g/mol. The Morgan fingerprint density at radius 3 is 2.77 bits per heavy atom. The van der Waals surface area contributed by atoms with Gasteiger partial charge in [0.2, 0.25) is 0 Å². The Kier molecular flexibility index (Phi) is 4.93. The maximum atomic E-state index is 13.4. The molecule has 2 fully saturated rings. The molecule has 0 saturated heterocycles. The molecule has 0 unspecified atom stereocenters. The van der Waals surface area contributed by atoms with E-state index in [1.165, 1.54) is 17.4 Å². The van der Waals surface area contributed by atoms with Gasteiger partial charge in [-0.2, -0.15) is 0 Å². The molecule has 180 valence electrons. The maximum Gasteiger partial charge on any atom is 0.263 e. The minimum Gasteiger partial charge on any atom is -0.390 e. The van der Waals surface area contributed by atoms with Crippen molar-refractivity contribution < 1.29 is 14.7 Å². The number of nitrogens with one attached hydrogen (secondary N) is 1. The highest BCUT2D eigenvalue weighted by molar-refractivity contribution is 6.05. The molecule has 0 radical (unpaired) electrons. The van der Waals surface area contributed by atoms with Crippen molar-refractivity contribution in [2.45, 2.75) is 51.1 Å². The van der Waals surface area contributed by atoms with Crippen LogP contribution in [0.2, 0.25) is 0 Å². The molecule has 1 aromatic carbocycles. The number of nitrogen functional groups attached to an aromatic ring is 1. The van der Waals surface area contributed by atoms with Crippen LogP contribution in [0.25, 0.3) is 16.9 Å². The highest BCUT2D eigenvalue weighted by atomic mass is 16.3. The first-order valence-corrected chi connectivity index (χ1v) is 12.1. The van der Waals surface area contributed by atoms with Gasteiger partial charge in [0.05, 0.1) is 12.3 Å². The lowest BCUT2D eigenvalue weighted by molar-refractivity contribution is 0.0696. The van der Waals surface area contributed by atoms with Gasteiger partial charge in [-0.15, -0.1) is 5.10 Å². The number of carbonyl (C=O) groups is 2. The molecule has 3 aromatic rings. The van der Waals surface area contributed by atoms with Crippen LogP contribution in [-0.4, -0.2) is 49.1 Å². The van der Waals surface area contributed by atoms with Crippen molar-refractivity contribution in [3.63, 3.8) is 0 Å². The van der Waals surface area contributed by atoms with Gasteiger partial charge < -0.3 is 21.1 Å². The van der Waals surface area contributed by atoms with Gasteiger partial charge in [-0.25, -0.2) is 9.50 Å². The number of carbonyl (C=O) groups excluding carboxylic acids is 2. The van der Waals surface area contributed by atoms with Crippen molar-refractivity contribution in [1.82, 2.24) is 24.8 Å². The summed E-state index contributed by atoms with van der Waals surface area (Å²) in [5.74, 6) is 0.692. The highest BCUT2D eigenvalue weighted by Crippen LogP contribution is 2.47. The molecule has 4 N–H and O–H groups in total. The minimum atomic E-state index is -0.524. The molecule has 0 spiro atoms. The van der Waals surface area contributed by atoms with E-state index < -0.39 is 5.91 Å². The zero-order valence-corrected chi connectivity index (χ0v) is 19.6. The largest absolute Gasteiger partial charge is 0.390 e. The van der Waals surface area contributed by atoms with Crippen molar-refractivity contribution in [3.8, 4) is 11.3 Å². The predicted molar refractivity (Wildman–Crippen MR) is 131 cm³/mol. The molecule has 0 bridgehead atoms. The molecule has 3 heterocycles. The molecule has 2 amide bonds. The first-order valence-electron chi connectivity index (χ1n) is 12.1. The summed E-state index contributed by atoms with van der Waals surface area (Å²) >= 11 is 0. The van der Waals surface area contributed by atoms with Crippen LogP contribution in [0, 0.1) is 5.92 Å². The lowest BCUT2D eigenvalue weighted by atomic mass is 9.95. The van der Waals surface area contributed by atoms with E-state index in [0.29, 0.717) is 29.7 Å². The number of rotatable bonds is 7. The van der Waals surface area contributed by atoms with Crippen LogP contribution in [0.3, 0.4) is 0 Å². The van der Waals surface area contributed by atoms with E-state index in [0.717, 1.165) is 35.1 Å². The van der Waals surface area contributed by atoms with Gasteiger partial charge in [-0.1, -0.05) is 6.58 Å². The second-order valence-electron chi connectivity index (χ2n) is 9.94. The number of fused-ring (bicyclic) bond motifs is 2. The molecule has 2 saturated carbocycles. The molecule has 9 nitrogen and oxygen atoms in total. The second kappa shape index (κ2) is 7.91. The van der Waals surface area contributed by atoms with Crippen LogP contribution in [0.4, 0.5) is 5.82 Å². The third kappa shape index (κ3) is 3.67. The van der Waals surface area contributed by atoms with E-state index >= 15 is 0 Å². The van der Waals surface area contributed by atoms with E-state index in [4.69, 9.17) is 10.7 Å². The third-order valence-corrected chi connectivity index (χ3v) is 7.40. The molecule has 2 aromatic heterocycles. The summed E-state index contributed by atoms with van der Waals surface area (Å²) in [6.45, 7) is 6.01. The number of nitrogens with zero attached hydrogens (tertiary/aromatic N) is 4. The first kappa shape index (κ1) is 21.8. The van der Waals surface area contributed by atoms with Crippen molar-refractivity contribution >= 4 is 23.3 Å². The van der Waals surface area contributed by atoms with Gasteiger partial charge >= 0.3 is 0 Å². The van der Waals surface area contributed by atoms with Gasteiger partial charge in [0.25, 0.3) is 11.8 Å². The van der Waals surface area contributed by atoms with Gasteiger partial charge in [0.1, 0.15) is 5.56 Å². The molecule has 6 rings (SSSR count). The van der Waals surface area contributed by atoms with E-state index in [1.807, 2.05) is 11.0 Å². The van der Waals surface area contributed by atoms with Crippen molar-refractivity contribution in [2.24, 2.45) is 5.92 Å². The van der Waals surface area contributed by atoms with Crippen molar-refractivity contribution in [3.05, 3.63) is 58.9 Å². The number of aliphatic hydroxyl groups is 1. The SMILES string of the molecule is C=C(CO)NC(=O)c1c(N)nn2ccc(-c3cc4c(c(C5CC5)c3)C(=O)N([C@@H](C)C3CC3)C4)nc12. The van der Waals surface area contributed by atoms with Crippen LogP contribution in [0.15, 0.2) is 36.7 Å². The van der Waals surface area contributed by atoms with Crippen LogP contribution in [0.5, 0.6) is 0 Å². The number of hydrogen-bond acceptors (Lipinski definition) is 6. The fourth-order valence-electron chi connectivity index (χ4n) is 5.12. The Balaban J connectivity index is 1.42. The van der Waals surface area contributed by atoms with Gasteiger partial charge in [0.15, 0.2) is 11.5 Å². The van der Waals surface area contributed by atoms with Crippen molar-refractivity contribution in [1.29, 1.82) is 0 Å². The predicted octanol–water partition coefficient (Wildman–Crippen LogP) is 2.85. The van der Waals surface area contributed by atoms with Crippen molar-refractivity contribution in [2.75, 3.05) is 12.3 Å². The number of hydrogen-bond donors (Lipinski definition) is 3. The number of nitrogens with two attached hydrogens (primary N) is 1. The third-order valence-electron chi connectivity index (χ3n) is 7.40. The zero-order valence-electron chi connectivity index (χ0n) is 19.6. The molecule has 3 aliphatic rings. The van der Waals surface area contributed by atoms with Crippen LogP contribution in [0.1, 0.15) is 70.4 Å². The average molecular weight is 473 g/mol. The van der Waals surface area contributed by atoms with Gasteiger partial charge in [-0.05, 0) is 73.8 Å². The molecular formula is C26H28N6O3. The Morgan fingerprint density at radius 2 is 2.09 bits per heavy atom. The summed E-state index contributed by atoms with van der Waals surface area (Å²) in [4.78, 5) is 32.9. The standard InChI is InChI=1S/C26H28N6O3/c1-13(12-33)28-25(34)22-23(27)30-32-8-7-20(29-24(22)32)17-9-18-11-31(14(2)15-3-4-15)26(35)21(18)19(10-17)16-5-6-16/h7-10,14-16,33H,1,3-6,11-12H2,2H3,(H2,27,30)(H,28,34)/t14-/m0/s1. The van der Waals surface area contributed by atoms with E-state index in [-0.39, 0.29) is 35.6 Å². The van der Waals surface area contributed by atoms with Gasteiger partial charge in [0, 0.05) is 35.6 Å². The summed E-state index contributed by atoms with van der Waals surface area (Å²) in [5.41, 5.74) is 11.3. The zero-order chi connectivity index (χ0) is 24.4. The summed E-state index contributed by atoms with van der Waals surface area (Å²) in [5, 5.41) is 15.9. The number of aliphatic hydroxyl groups excluding tert-OH is 1. The summed E-state index contributed by atoms with van der Waals surface area (Å²) < 4.78 is 1.47. The molecule has 35 heavy (non-hydrogen) atoms. The van der Waals surface area contributed by atoms with Crippen LogP contribution >= 0.6 is 0 Å². The first-order chi connectivity index (χ1) is 16.9. The number of aromatic nitrogens is 3. The molecule has 1 aliphatic heterocycles. The fourth-order valence-corrected chi connectivity index (χ4v) is 5.12. The molecular weight excluding hydrogens is 444 g/mol. The Hall–Kier alpha value is -3.72. The Labute approximate surface area is 202 Å². The molecule has 1 atom stereocenters. The summed E-state index contributed by atoms with van der Waals surface area (Å²) in [6, 6.07) is 6.24. The van der Waals surface area contributed by atoms with E-state index in [9.17, 15) is 14.7 Å². The molecule has 2 aliphatic carbocycles. The maximum absolute atomic E-state index is 13.4.